The van der Waals surface area contributed by atoms with Crippen molar-refractivity contribution >= 4 is 64.2 Å². The van der Waals surface area contributed by atoms with Gasteiger partial charge in [0.1, 0.15) is 11.2 Å². The number of hydrogen-bond acceptors (Lipinski definition) is 5. The zero-order chi connectivity index (χ0) is 35.6. The quantitative estimate of drug-likeness (QED) is 0.179. The molecule has 0 fully saturated rings. The minimum absolute atomic E-state index is 0.591. The lowest BCUT2D eigenvalue weighted by atomic mass is 9.95. The van der Waals surface area contributed by atoms with Crippen molar-refractivity contribution < 1.29 is 4.42 Å². The Kier molecular flexibility index (Phi) is 7.00. The SMILES string of the molecule is c1ccc(-c2ccccc2-c2nc(-c3ccc4c(c3)oc3c5ccccc5c(-c5ccccc5)cc43)nc(-c3cccc4c3sc3ccccc34)n2)cc1. The molecule has 252 valence electrons. The molecule has 0 aliphatic heterocycles. The Hall–Kier alpha value is -6.95. The van der Waals surface area contributed by atoms with Crippen molar-refractivity contribution in [3.8, 4) is 56.4 Å². The van der Waals surface area contributed by atoms with E-state index in [-0.39, 0.29) is 0 Å². The van der Waals surface area contributed by atoms with E-state index < -0.39 is 0 Å². The first-order chi connectivity index (χ1) is 26.8. The summed E-state index contributed by atoms with van der Waals surface area (Å²) in [6.07, 6.45) is 0. The predicted octanol–water partition coefficient (Wildman–Crippen LogP) is 13.6. The summed E-state index contributed by atoms with van der Waals surface area (Å²) in [5, 5.41) is 6.82. The fourth-order valence-corrected chi connectivity index (χ4v) is 9.02. The molecular formula is C49H29N3OS. The largest absolute Gasteiger partial charge is 0.455 e. The van der Waals surface area contributed by atoms with Crippen LogP contribution in [0.25, 0.3) is 109 Å². The fourth-order valence-electron chi connectivity index (χ4n) is 7.81. The average molecular weight is 708 g/mol. The molecule has 0 bridgehead atoms. The smallest absolute Gasteiger partial charge is 0.165 e. The minimum atomic E-state index is 0.591. The number of nitrogens with zero attached hydrogens (tertiary/aromatic N) is 3. The summed E-state index contributed by atoms with van der Waals surface area (Å²) in [5.41, 5.74) is 8.99. The molecule has 0 radical (unpaired) electrons. The Balaban J connectivity index is 1.14. The van der Waals surface area contributed by atoms with E-state index in [1.807, 2.05) is 12.1 Å². The first-order valence-electron chi connectivity index (χ1n) is 18.0. The summed E-state index contributed by atoms with van der Waals surface area (Å²) in [6, 6.07) is 61.4. The highest BCUT2D eigenvalue weighted by atomic mass is 32.1. The third-order valence-electron chi connectivity index (χ3n) is 10.4. The Bertz CT molecular complexity index is 3220. The summed E-state index contributed by atoms with van der Waals surface area (Å²) < 4.78 is 9.14. The molecule has 8 aromatic carbocycles. The molecule has 0 N–H and O–H groups in total. The highest BCUT2D eigenvalue weighted by Crippen LogP contribution is 2.42. The molecule has 5 heteroatoms. The van der Waals surface area contributed by atoms with Gasteiger partial charge in [0.25, 0.3) is 0 Å². The lowest BCUT2D eigenvalue weighted by Crippen LogP contribution is -2.01. The first-order valence-corrected chi connectivity index (χ1v) is 18.8. The molecular weight excluding hydrogens is 679 g/mol. The van der Waals surface area contributed by atoms with E-state index in [0.717, 1.165) is 65.2 Å². The van der Waals surface area contributed by atoms with E-state index in [1.165, 1.54) is 26.6 Å². The summed E-state index contributed by atoms with van der Waals surface area (Å²) in [6.45, 7) is 0. The van der Waals surface area contributed by atoms with E-state index in [1.54, 1.807) is 11.3 Å². The van der Waals surface area contributed by atoms with Gasteiger partial charge in [-0.25, -0.2) is 15.0 Å². The molecule has 0 saturated heterocycles. The highest BCUT2D eigenvalue weighted by molar-refractivity contribution is 7.26. The van der Waals surface area contributed by atoms with Crippen LogP contribution in [0.1, 0.15) is 0 Å². The van der Waals surface area contributed by atoms with Crippen molar-refractivity contribution in [3.05, 3.63) is 176 Å². The van der Waals surface area contributed by atoms with Gasteiger partial charge in [-0.2, -0.15) is 0 Å². The molecule has 3 aromatic heterocycles. The zero-order valence-corrected chi connectivity index (χ0v) is 29.7. The number of fused-ring (bicyclic) bond motifs is 8. The maximum absolute atomic E-state index is 6.75. The van der Waals surface area contributed by atoms with Gasteiger partial charge in [-0.3, -0.25) is 0 Å². The standard InChI is InChI=1S/C49H29N3OS/c1-3-14-30(15-4-1)33-18-7-10-22-39(33)48-50-47(51-49(52-48)40-24-13-23-38-36-20-11-12-25-44(36)54-46(38)40)32-26-27-35-42-29-41(31-16-5-2-6-17-31)34-19-8-9-21-37(34)45(42)53-43(35)28-32/h1-29H. The molecule has 0 amide bonds. The van der Waals surface area contributed by atoms with Crippen LogP contribution in [0.15, 0.2) is 180 Å². The van der Waals surface area contributed by atoms with E-state index in [2.05, 4.69) is 164 Å². The maximum atomic E-state index is 6.75. The lowest BCUT2D eigenvalue weighted by Gasteiger charge is -2.12. The summed E-state index contributed by atoms with van der Waals surface area (Å²) >= 11 is 1.78. The van der Waals surface area contributed by atoms with Gasteiger partial charge in [-0.1, -0.05) is 146 Å². The molecule has 11 rings (SSSR count). The Morgan fingerprint density at radius 2 is 0.944 bits per heavy atom. The van der Waals surface area contributed by atoms with E-state index >= 15 is 0 Å². The van der Waals surface area contributed by atoms with Crippen LogP contribution in [0.5, 0.6) is 0 Å². The van der Waals surface area contributed by atoms with Crippen molar-refractivity contribution in [1.29, 1.82) is 0 Å². The van der Waals surface area contributed by atoms with Crippen LogP contribution < -0.4 is 0 Å². The van der Waals surface area contributed by atoms with Crippen LogP contribution in [0.3, 0.4) is 0 Å². The van der Waals surface area contributed by atoms with Crippen LogP contribution in [0.4, 0.5) is 0 Å². The third-order valence-corrected chi connectivity index (χ3v) is 11.6. The van der Waals surface area contributed by atoms with E-state index in [9.17, 15) is 0 Å². The molecule has 0 atom stereocenters. The molecule has 0 aliphatic carbocycles. The topological polar surface area (TPSA) is 51.8 Å². The van der Waals surface area contributed by atoms with Gasteiger partial charge in [0.2, 0.25) is 0 Å². The van der Waals surface area contributed by atoms with Crippen LogP contribution in [-0.2, 0) is 0 Å². The second-order valence-corrected chi connectivity index (χ2v) is 14.6. The second kappa shape index (κ2) is 12.3. The van der Waals surface area contributed by atoms with Crippen molar-refractivity contribution in [2.75, 3.05) is 0 Å². The third kappa shape index (κ3) is 4.94. The summed E-state index contributed by atoms with van der Waals surface area (Å²) in [4.78, 5) is 15.7. The van der Waals surface area contributed by atoms with Crippen LogP contribution in [-0.4, -0.2) is 15.0 Å². The molecule has 11 aromatic rings. The van der Waals surface area contributed by atoms with Gasteiger partial charge in [-0.15, -0.1) is 11.3 Å². The molecule has 0 unspecified atom stereocenters. The average Bonchev–Trinajstić information content (AvgIpc) is 3.82. The normalized spacial score (nSPS) is 11.7. The lowest BCUT2D eigenvalue weighted by molar-refractivity contribution is 0.673. The molecule has 0 saturated carbocycles. The van der Waals surface area contributed by atoms with Gasteiger partial charge in [0.05, 0.1) is 0 Å². The zero-order valence-electron chi connectivity index (χ0n) is 28.9. The van der Waals surface area contributed by atoms with E-state index in [0.29, 0.717) is 17.5 Å². The molecule has 0 spiro atoms. The summed E-state index contributed by atoms with van der Waals surface area (Å²) in [5.74, 6) is 1.85. The van der Waals surface area contributed by atoms with Crippen molar-refractivity contribution in [2.24, 2.45) is 0 Å². The van der Waals surface area contributed by atoms with Crippen LogP contribution in [0.2, 0.25) is 0 Å². The van der Waals surface area contributed by atoms with Crippen molar-refractivity contribution in [1.82, 2.24) is 15.0 Å². The number of benzene rings is 8. The highest BCUT2D eigenvalue weighted by Gasteiger charge is 2.20. The molecule has 0 aliphatic rings. The maximum Gasteiger partial charge on any atom is 0.165 e. The van der Waals surface area contributed by atoms with Gasteiger partial charge < -0.3 is 4.42 Å². The number of furan rings is 1. The van der Waals surface area contributed by atoms with Crippen molar-refractivity contribution in [3.63, 3.8) is 0 Å². The second-order valence-electron chi connectivity index (χ2n) is 13.5. The Morgan fingerprint density at radius 3 is 1.74 bits per heavy atom. The number of rotatable bonds is 5. The minimum Gasteiger partial charge on any atom is -0.455 e. The monoisotopic (exact) mass is 707 g/mol. The fraction of sp³-hybridized carbons (Fsp3) is 0. The number of thiophene rings is 1. The molecule has 3 heterocycles. The van der Waals surface area contributed by atoms with Gasteiger partial charge in [0.15, 0.2) is 17.5 Å². The van der Waals surface area contributed by atoms with Gasteiger partial charge in [0, 0.05) is 53.0 Å². The summed E-state index contributed by atoms with van der Waals surface area (Å²) in [7, 11) is 0. The molecule has 4 nitrogen and oxygen atoms in total. The van der Waals surface area contributed by atoms with E-state index in [4.69, 9.17) is 19.4 Å². The van der Waals surface area contributed by atoms with Crippen LogP contribution in [0, 0.1) is 0 Å². The van der Waals surface area contributed by atoms with Gasteiger partial charge >= 0.3 is 0 Å². The van der Waals surface area contributed by atoms with Crippen molar-refractivity contribution in [2.45, 2.75) is 0 Å². The van der Waals surface area contributed by atoms with Crippen LogP contribution >= 0.6 is 11.3 Å². The first kappa shape index (κ1) is 30.7. The Labute approximate surface area is 314 Å². The predicted molar refractivity (Wildman–Crippen MR) is 225 cm³/mol. The van der Waals surface area contributed by atoms with Gasteiger partial charge in [-0.05, 0) is 58.0 Å². The Morgan fingerprint density at radius 1 is 0.352 bits per heavy atom. The molecule has 54 heavy (non-hydrogen) atoms. The number of hydrogen-bond donors (Lipinski definition) is 0. The number of aromatic nitrogens is 3.